The van der Waals surface area contributed by atoms with Crippen LogP contribution in [0.3, 0.4) is 0 Å². The van der Waals surface area contributed by atoms with E-state index in [9.17, 15) is 0 Å². The van der Waals surface area contributed by atoms with Crippen molar-refractivity contribution in [2.75, 3.05) is 19.8 Å². The summed E-state index contributed by atoms with van der Waals surface area (Å²) in [5.41, 5.74) is 0. The predicted molar refractivity (Wildman–Crippen MR) is 78.4 cm³/mol. The summed E-state index contributed by atoms with van der Waals surface area (Å²) in [6.45, 7) is 6.94. The fourth-order valence-corrected chi connectivity index (χ4v) is 4.12. The van der Waals surface area contributed by atoms with E-state index < -0.39 is 0 Å². The monoisotopic (exact) mass is 282 g/mol. The van der Waals surface area contributed by atoms with Gasteiger partial charge in [0.15, 0.2) is 6.29 Å². The normalized spacial score (nSPS) is 47.1. The lowest BCUT2D eigenvalue weighted by Crippen LogP contribution is -2.42. The number of rotatable bonds is 2. The maximum absolute atomic E-state index is 6.19. The Hall–Kier alpha value is -0.120. The minimum Gasteiger partial charge on any atom is -0.377 e. The second kappa shape index (κ2) is 6.76. The van der Waals surface area contributed by atoms with Crippen molar-refractivity contribution in [2.45, 2.75) is 64.8 Å². The Morgan fingerprint density at radius 1 is 0.600 bits per heavy atom. The van der Waals surface area contributed by atoms with E-state index in [1.54, 1.807) is 0 Å². The van der Waals surface area contributed by atoms with Gasteiger partial charge in [-0.15, -0.1) is 0 Å². The van der Waals surface area contributed by atoms with Crippen LogP contribution in [0.2, 0.25) is 0 Å². The van der Waals surface area contributed by atoms with Gasteiger partial charge in [0.25, 0.3) is 0 Å². The molecule has 2 saturated heterocycles. The SMILES string of the molecule is CC1CCC(C2CCC(C3COC(C)OC3)OC2)CC1. The third-order valence-corrected chi connectivity index (χ3v) is 5.69. The van der Waals surface area contributed by atoms with Crippen molar-refractivity contribution in [3.8, 4) is 0 Å². The van der Waals surface area contributed by atoms with E-state index in [1.807, 2.05) is 6.92 Å². The molecule has 116 valence electrons. The van der Waals surface area contributed by atoms with Gasteiger partial charge in [-0.2, -0.15) is 0 Å². The smallest absolute Gasteiger partial charge is 0.154 e. The van der Waals surface area contributed by atoms with Crippen molar-refractivity contribution in [1.82, 2.24) is 0 Å². The molecule has 0 amide bonds. The molecular weight excluding hydrogens is 252 g/mol. The highest BCUT2D eigenvalue weighted by molar-refractivity contribution is 4.83. The summed E-state index contributed by atoms with van der Waals surface area (Å²) in [4.78, 5) is 0. The quantitative estimate of drug-likeness (QED) is 0.774. The molecule has 0 N–H and O–H groups in total. The summed E-state index contributed by atoms with van der Waals surface area (Å²) in [6, 6.07) is 0. The van der Waals surface area contributed by atoms with Crippen LogP contribution in [-0.2, 0) is 14.2 Å². The molecule has 3 rings (SSSR count). The topological polar surface area (TPSA) is 27.7 Å². The number of hydrogen-bond donors (Lipinski definition) is 0. The molecule has 1 saturated carbocycles. The van der Waals surface area contributed by atoms with Gasteiger partial charge in [-0.3, -0.25) is 0 Å². The van der Waals surface area contributed by atoms with Gasteiger partial charge < -0.3 is 14.2 Å². The van der Waals surface area contributed by atoms with Crippen LogP contribution in [0.25, 0.3) is 0 Å². The summed E-state index contributed by atoms with van der Waals surface area (Å²) in [6.07, 6.45) is 8.56. The maximum atomic E-state index is 6.19. The molecule has 0 aromatic heterocycles. The minimum absolute atomic E-state index is 0.0354. The summed E-state index contributed by atoms with van der Waals surface area (Å²) in [7, 11) is 0. The molecule has 3 fully saturated rings. The average Bonchev–Trinajstić information content (AvgIpc) is 2.49. The van der Waals surface area contributed by atoms with E-state index in [-0.39, 0.29) is 6.29 Å². The first-order chi connectivity index (χ1) is 9.72. The molecule has 0 aromatic carbocycles. The Labute approximate surface area is 123 Å². The summed E-state index contributed by atoms with van der Waals surface area (Å²) in [5, 5.41) is 0. The summed E-state index contributed by atoms with van der Waals surface area (Å²) in [5.74, 6) is 3.12. The molecule has 2 aliphatic heterocycles. The molecule has 1 aliphatic carbocycles. The van der Waals surface area contributed by atoms with Crippen molar-refractivity contribution in [1.29, 1.82) is 0 Å². The predicted octanol–water partition coefficient (Wildman–Crippen LogP) is 3.62. The van der Waals surface area contributed by atoms with Crippen LogP contribution in [0.15, 0.2) is 0 Å². The maximum Gasteiger partial charge on any atom is 0.154 e. The molecule has 0 aromatic rings. The fourth-order valence-electron chi connectivity index (χ4n) is 4.12. The van der Waals surface area contributed by atoms with Crippen LogP contribution in [-0.4, -0.2) is 32.2 Å². The highest BCUT2D eigenvalue weighted by atomic mass is 16.7. The Balaban J connectivity index is 1.42. The molecule has 0 radical (unpaired) electrons. The van der Waals surface area contributed by atoms with Crippen LogP contribution in [0.5, 0.6) is 0 Å². The molecule has 0 bridgehead atoms. The Bertz CT molecular complexity index is 253. The zero-order chi connectivity index (χ0) is 13.9. The minimum atomic E-state index is -0.0354. The van der Waals surface area contributed by atoms with E-state index in [0.29, 0.717) is 12.0 Å². The second-order valence-electron chi connectivity index (χ2n) is 7.22. The molecule has 3 heteroatoms. The molecule has 20 heavy (non-hydrogen) atoms. The third kappa shape index (κ3) is 3.55. The summed E-state index contributed by atoms with van der Waals surface area (Å²) >= 11 is 0. The summed E-state index contributed by atoms with van der Waals surface area (Å²) < 4.78 is 17.4. The zero-order valence-corrected chi connectivity index (χ0v) is 13.1. The van der Waals surface area contributed by atoms with E-state index in [4.69, 9.17) is 14.2 Å². The third-order valence-electron chi connectivity index (χ3n) is 5.69. The molecule has 2 unspecified atom stereocenters. The highest BCUT2D eigenvalue weighted by Gasteiger charge is 2.35. The van der Waals surface area contributed by atoms with Gasteiger partial charge in [0, 0.05) is 5.92 Å². The van der Waals surface area contributed by atoms with Crippen molar-refractivity contribution in [3.63, 3.8) is 0 Å². The van der Waals surface area contributed by atoms with E-state index >= 15 is 0 Å². The average molecular weight is 282 g/mol. The molecule has 0 spiro atoms. The van der Waals surface area contributed by atoms with Gasteiger partial charge in [0.2, 0.25) is 0 Å². The standard InChI is InChI=1S/C17H30O3/c1-12-3-5-14(6-4-12)15-7-8-17(20-9-15)16-10-18-13(2)19-11-16/h12-17H,3-11H2,1-2H3. The van der Waals surface area contributed by atoms with Crippen molar-refractivity contribution in [2.24, 2.45) is 23.7 Å². The van der Waals surface area contributed by atoms with Crippen LogP contribution >= 0.6 is 0 Å². The Morgan fingerprint density at radius 3 is 1.80 bits per heavy atom. The lowest BCUT2D eigenvalue weighted by atomic mass is 9.74. The molecule has 3 aliphatic rings. The van der Waals surface area contributed by atoms with Gasteiger partial charge >= 0.3 is 0 Å². The second-order valence-corrected chi connectivity index (χ2v) is 7.22. The molecule has 2 atom stereocenters. The van der Waals surface area contributed by atoms with Crippen LogP contribution in [0.4, 0.5) is 0 Å². The fraction of sp³-hybridized carbons (Fsp3) is 1.00. The zero-order valence-electron chi connectivity index (χ0n) is 13.1. The first-order valence-corrected chi connectivity index (χ1v) is 8.57. The van der Waals surface area contributed by atoms with Crippen molar-refractivity contribution >= 4 is 0 Å². The van der Waals surface area contributed by atoms with Crippen molar-refractivity contribution < 1.29 is 14.2 Å². The molecule has 2 heterocycles. The van der Waals surface area contributed by atoms with Gasteiger partial charge in [0.1, 0.15) is 0 Å². The largest absolute Gasteiger partial charge is 0.377 e. The van der Waals surface area contributed by atoms with E-state index in [0.717, 1.165) is 37.6 Å². The lowest BCUT2D eigenvalue weighted by molar-refractivity contribution is -0.216. The van der Waals surface area contributed by atoms with Gasteiger partial charge in [-0.25, -0.2) is 0 Å². The van der Waals surface area contributed by atoms with E-state index in [1.165, 1.54) is 38.5 Å². The lowest BCUT2D eigenvalue weighted by Gasteiger charge is -2.40. The molecule has 3 nitrogen and oxygen atoms in total. The first kappa shape index (κ1) is 14.8. The number of hydrogen-bond acceptors (Lipinski definition) is 3. The first-order valence-electron chi connectivity index (χ1n) is 8.57. The van der Waals surface area contributed by atoms with E-state index in [2.05, 4.69) is 6.92 Å². The van der Waals surface area contributed by atoms with Crippen LogP contribution < -0.4 is 0 Å². The van der Waals surface area contributed by atoms with Crippen LogP contribution in [0.1, 0.15) is 52.4 Å². The Kier molecular flexibility index (Phi) is 5.00. The molecular formula is C17H30O3. The van der Waals surface area contributed by atoms with Gasteiger partial charge in [0.05, 0.1) is 25.9 Å². The number of ether oxygens (including phenoxy) is 3. The van der Waals surface area contributed by atoms with Gasteiger partial charge in [-0.05, 0) is 50.4 Å². The van der Waals surface area contributed by atoms with Crippen LogP contribution in [0, 0.1) is 23.7 Å². The van der Waals surface area contributed by atoms with Gasteiger partial charge in [-0.1, -0.05) is 19.8 Å². The highest BCUT2D eigenvalue weighted by Crippen LogP contribution is 2.38. The van der Waals surface area contributed by atoms with Crippen molar-refractivity contribution in [3.05, 3.63) is 0 Å². The Morgan fingerprint density at radius 2 is 1.20 bits per heavy atom.